The Bertz CT molecular complexity index is 789. The smallest absolute Gasteiger partial charge is 0.292 e. The summed E-state index contributed by atoms with van der Waals surface area (Å²) >= 11 is 0. The maximum Gasteiger partial charge on any atom is 0.292 e. The Morgan fingerprint density at radius 2 is 1.76 bits per heavy atom. The minimum atomic E-state index is 0.495. The van der Waals surface area contributed by atoms with Crippen LogP contribution in [0.25, 0.3) is 11.3 Å². The number of hydrogen-bond donors (Lipinski definition) is 0. The van der Waals surface area contributed by atoms with E-state index in [1.54, 1.807) is 6.26 Å². The topological polar surface area (TPSA) is 25.4 Å². The van der Waals surface area contributed by atoms with E-state index in [1.807, 2.05) is 42.5 Å². The first kappa shape index (κ1) is 12.0. The highest BCUT2D eigenvalue weighted by Crippen LogP contribution is 2.34. The zero-order chi connectivity index (χ0) is 14.1. The molecule has 4 rings (SSSR count). The number of para-hydroxylation sites is 2. The lowest BCUT2D eigenvalue weighted by Crippen LogP contribution is -2.20. The highest BCUT2D eigenvalue weighted by Gasteiger charge is 2.22. The second-order valence-electron chi connectivity index (χ2n) is 4.91. The Morgan fingerprint density at radius 3 is 2.57 bits per heavy atom. The van der Waals surface area contributed by atoms with E-state index in [1.165, 1.54) is 0 Å². The van der Waals surface area contributed by atoms with Crippen molar-refractivity contribution in [1.29, 1.82) is 0 Å². The fourth-order valence-electron chi connectivity index (χ4n) is 2.55. The molecule has 3 heteroatoms. The van der Waals surface area contributed by atoms with Crippen LogP contribution in [0.5, 0.6) is 5.75 Å². The van der Waals surface area contributed by atoms with Crippen molar-refractivity contribution in [2.45, 2.75) is 0 Å². The first-order chi connectivity index (χ1) is 10.4. The Hall–Kier alpha value is -2.81. The number of hydrogen-bond acceptors (Lipinski definition) is 2. The highest BCUT2D eigenvalue weighted by atomic mass is 16.5. The van der Waals surface area contributed by atoms with Gasteiger partial charge in [-0.05, 0) is 24.3 Å². The number of furan rings is 1. The zero-order valence-electron chi connectivity index (χ0n) is 11.4. The summed E-state index contributed by atoms with van der Waals surface area (Å²) < 4.78 is 13.6. The minimum absolute atomic E-state index is 0.495. The van der Waals surface area contributed by atoms with Crippen molar-refractivity contribution in [3.63, 3.8) is 0 Å². The maximum atomic E-state index is 5.98. The number of ether oxygens (including phenoxy) is 1. The first-order valence-electron chi connectivity index (χ1n) is 6.88. The summed E-state index contributed by atoms with van der Waals surface area (Å²) in [5.74, 6) is 1.70. The summed E-state index contributed by atoms with van der Waals surface area (Å²) in [5.41, 5.74) is 3.16. The molecule has 102 valence electrons. The molecular weight excluding hydrogens is 262 g/mol. The third kappa shape index (κ3) is 2.13. The highest BCUT2D eigenvalue weighted by molar-refractivity contribution is 5.86. The summed E-state index contributed by atoms with van der Waals surface area (Å²) in [6.07, 6.45) is 3.79. The number of nitrogens with zero attached hydrogens (tertiary/aromatic N) is 1. The van der Waals surface area contributed by atoms with Crippen molar-refractivity contribution in [2.24, 2.45) is 0 Å². The lowest BCUT2D eigenvalue weighted by atomic mass is 10.1. The number of fused-ring (bicyclic) bond motifs is 1. The van der Waals surface area contributed by atoms with Crippen LogP contribution in [0, 0.1) is 0 Å². The molecule has 3 aromatic rings. The molecule has 0 saturated carbocycles. The van der Waals surface area contributed by atoms with Gasteiger partial charge in [0, 0.05) is 12.1 Å². The van der Waals surface area contributed by atoms with Crippen LogP contribution in [0.2, 0.25) is 0 Å². The second kappa shape index (κ2) is 4.94. The predicted octanol–water partition coefficient (Wildman–Crippen LogP) is 4.06. The summed E-state index contributed by atoms with van der Waals surface area (Å²) in [5, 5.41) is 0. The molecule has 0 bridgehead atoms. The van der Waals surface area contributed by atoms with E-state index in [4.69, 9.17) is 9.15 Å². The van der Waals surface area contributed by atoms with Gasteiger partial charge in [-0.1, -0.05) is 24.3 Å². The summed E-state index contributed by atoms with van der Waals surface area (Å²) in [7, 11) is 0. The van der Waals surface area contributed by atoms with Gasteiger partial charge in [0.1, 0.15) is 5.76 Å². The Balaban J connectivity index is 1.81. The monoisotopic (exact) mass is 276 g/mol. The van der Waals surface area contributed by atoms with Crippen molar-refractivity contribution in [1.82, 2.24) is 0 Å². The third-order valence-electron chi connectivity index (χ3n) is 3.56. The van der Waals surface area contributed by atoms with E-state index >= 15 is 0 Å². The van der Waals surface area contributed by atoms with Crippen LogP contribution in [0.1, 0.15) is 5.56 Å². The fourth-order valence-corrected chi connectivity index (χ4v) is 2.55. The molecule has 3 nitrogen and oxygen atoms in total. The molecule has 1 aliphatic rings. The zero-order valence-corrected chi connectivity index (χ0v) is 11.4. The number of benzene rings is 2. The predicted molar refractivity (Wildman–Crippen MR) is 81.2 cm³/mol. The summed E-state index contributed by atoms with van der Waals surface area (Å²) in [6, 6.07) is 20.1. The van der Waals surface area contributed by atoms with Crippen LogP contribution < -0.4 is 4.74 Å². The molecule has 0 unspecified atom stereocenters. The molecule has 0 spiro atoms. The molecule has 2 heterocycles. The molecule has 0 amide bonds. The van der Waals surface area contributed by atoms with E-state index in [-0.39, 0.29) is 0 Å². The first-order valence-corrected chi connectivity index (χ1v) is 6.88. The van der Waals surface area contributed by atoms with Crippen LogP contribution >= 0.6 is 0 Å². The molecule has 0 fully saturated rings. The Morgan fingerprint density at radius 1 is 0.857 bits per heavy atom. The molecule has 2 aromatic carbocycles. The summed E-state index contributed by atoms with van der Waals surface area (Å²) in [4.78, 5) is 0. The molecular formula is C18H14NO2+. The van der Waals surface area contributed by atoms with Crippen LogP contribution in [-0.4, -0.2) is 17.5 Å². The normalized spacial score (nSPS) is 13.2. The molecule has 0 atom stereocenters. The summed E-state index contributed by atoms with van der Waals surface area (Å²) in [6.45, 7) is 0.495. The van der Waals surface area contributed by atoms with Gasteiger partial charge in [0.15, 0.2) is 12.0 Å². The molecule has 1 aromatic heterocycles. The van der Waals surface area contributed by atoms with Gasteiger partial charge in [0.05, 0.1) is 17.4 Å². The fraction of sp³-hybridized carbons (Fsp3) is 0.0556. The van der Waals surface area contributed by atoms with Crippen LogP contribution in [-0.2, 0) is 0 Å². The van der Waals surface area contributed by atoms with E-state index in [0.29, 0.717) is 6.73 Å². The van der Waals surface area contributed by atoms with Gasteiger partial charge in [0.25, 0.3) is 6.73 Å². The second-order valence-corrected chi connectivity index (χ2v) is 4.91. The van der Waals surface area contributed by atoms with Gasteiger partial charge < -0.3 is 9.15 Å². The molecule has 0 N–H and O–H groups in total. The van der Waals surface area contributed by atoms with Crippen LogP contribution in [0.15, 0.2) is 71.3 Å². The van der Waals surface area contributed by atoms with Crippen molar-refractivity contribution in [3.05, 3.63) is 72.5 Å². The lowest BCUT2D eigenvalue weighted by Gasteiger charge is -2.15. The van der Waals surface area contributed by atoms with E-state index in [0.717, 1.165) is 28.3 Å². The van der Waals surface area contributed by atoms with Crippen LogP contribution in [0.4, 0.5) is 5.69 Å². The molecule has 1 aliphatic heterocycles. The Labute approximate surface area is 122 Å². The number of rotatable bonds is 2. The minimum Gasteiger partial charge on any atom is -0.464 e. The van der Waals surface area contributed by atoms with Gasteiger partial charge in [0.2, 0.25) is 5.69 Å². The lowest BCUT2D eigenvalue weighted by molar-refractivity contribution is -0.476. The molecule has 0 radical (unpaired) electrons. The SMILES string of the molecule is C1=[N+](c2ccccc2)COc2c1cccc2-c1ccco1. The van der Waals surface area contributed by atoms with Crippen LogP contribution in [0.3, 0.4) is 0 Å². The average Bonchev–Trinajstić information content (AvgIpc) is 3.09. The van der Waals surface area contributed by atoms with Gasteiger partial charge in [-0.15, -0.1) is 0 Å². The Kier molecular flexibility index (Phi) is 2.82. The van der Waals surface area contributed by atoms with Gasteiger partial charge in [-0.3, -0.25) is 0 Å². The third-order valence-corrected chi connectivity index (χ3v) is 3.56. The van der Waals surface area contributed by atoms with Crippen molar-refractivity contribution < 1.29 is 13.7 Å². The van der Waals surface area contributed by atoms with Gasteiger partial charge in [-0.25, -0.2) is 0 Å². The van der Waals surface area contributed by atoms with Gasteiger partial charge in [-0.2, -0.15) is 4.58 Å². The average molecular weight is 276 g/mol. The molecule has 21 heavy (non-hydrogen) atoms. The van der Waals surface area contributed by atoms with Crippen molar-refractivity contribution in [3.8, 4) is 17.1 Å². The largest absolute Gasteiger partial charge is 0.464 e. The quantitative estimate of drug-likeness (QED) is 0.659. The van der Waals surface area contributed by atoms with Crippen molar-refractivity contribution in [2.75, 3.05) is 6.73 Å². The standard InChI is InChI=1S/C18H14NO2/c1-2-7-15(8-3-1)19-12-14-6-4-9-16(18(14)21-13-19)17-10-5-11-20-17/h1-12H,13H2/q+1. The van der Waals surface area contributed by atoms with E-state index < -0.39 is 0 Å². The molecule has 0 saturated heterocycles. The van der Waals surface area contributed by atoms with Gasteiger partial charge >= 0.3 is 0 Å². The van der Waals surface area contributed by atoms with E-state index in [9.17, 15) is 0 Å². The van der Waals surface area contributed by atoms with Crippen molar-refractivity contribution >= 4 is 11.9 Å². The molecule has 0 aliphatic carbocycles. The maximum absolute atomic E-state index is 5.98. The van der Waals surface area contributed by atoms with E-state index in [2.05, 4.69) is 29.0 Å².